The Kier molecular flexibility index (Phi) is 4.71. The Bertz CT molecular complexity index is 400. The van der Waals surface area contributed by atoms with Crippen LogP contribution >= 0.6 is 0 Å². The van der Waals surface area contributed by atoms with E-state index in [9.17, 15) is 9.59 Å². The number of hydrogen-bond acceptors (Lipinski definition) is 3. The first kappa shape index (κ1) is 13.2. The summed E-state index contributed by atoms with van der Waals surface area (Å²) < 4.78 is 1.43. The molecule has 0 radical (unpaired) electrons. The topological polar surface area (TPSA) is 74.6 Å². The number of aromatic nitrogens is 1. The van der Waals surface area contributed by atoms with Crippen molar-refractivity contribution in [2.75, 3.05) is 27.2 Å². The molecule has 0 aromatic carbocycles. The summed E-state index contributed by atoms with van der Waals surface area (Å²) in [6.07, 6.45) is 1.59. The van der Waals surface area contributed by atoms with Gasteiger partial charge in [0.1, 0.15) is 12.2 Å². The predicted molar refractivity (Wildman–Crippen MR) is 63.0 cm³/mol. The van der Waals surface area contributed by atoms with Crippen molar-refractivity contribution < 1.29 is 14.7 Å². The molecule has 6 nitrogen and oxygen atoms in total. The van der Waals surface area contributed by atoms with Crippen LogP contribution in [0.2, 0.25) is 0 Å². The van der Waals surface area contributed by atoms with Crippen LogP contribution in [0.25, 0.3) is 0 Å². The zero-order valence-corrected chi connectivity index (χ0v) is 10.0. The van der Waals surface area contributed by atoms with Crippen molar-refractivity contribution in [1.82, 2.24) is 14.8 Å². The third kappa shape index (κ3) is 3.60. The summed E-state index contributed by atoms with van der Waals surface area (Å²) in [5.74, 6) is -1.14. The lowest BCUT2D eigenvalue weighted by Crippen LogP contribution is -2.35. The van der Waals surface area contributed by atoms with Crippen molar-refractivity contribution >= 4 is 11.9 Å². The van der Waals surface area contributed by atoms with Crippen molar-refractivity contribution in [3.05, 3.63) is 24.0 Å². The first-order valence-corrected chi connectivity index (χ1v) is 5.33. The molecule has 6 heteroatoms. The number of likely N-dealkylation sites (N-methyl/N-ethyl adjacent to an activating group) is 2. The van der Waals surface area contributed by atoms with Crippen molar-refractivity contribution in [3.63, 3.8) is 0 Å². The molecule has 1 aromatic heterocycles. The first-order chi connectivity index (χ1) is 8.06. The second-order valence-electron chi connectivity index (χ2n) is 3.75. The van der Waals surface area contributed by atoms with Gasteiger partial charge in [-0.2, -0.15) is 0 Å². The smallest absolute Gasteiger partial charge is 0.352 e. The molecular weight excluding hydrogens is 222 g/mol. The number of aromatic carboxylic acids is 1. The van der Waals surface area contributed by atoms with Gasteiger partial charge in [-0.1, -0.05) is 0 Å². The largest absolute Gasteiger partial charge is 0.477 e. The summed E-state index contributed by atoms with van der Waals surface area (Å²) in [5.41, 5.74) is 0.125. The molecule has 0 aliphatic heterocycles. The van der Waals surface area contributed by atoms with Crippen LogP contribution in [-0.2, 0) is 11.3 Å². The highest BCUT2D eigenvalue weighted by molar-refractivity contribution is 5.86. The van der Waals surface area contributed by atoms with Crippen LogP contribution in [0.4, 0.5) is 0 Å². The minimum Gasteiger partial charge on any atom is -0.477 e. The number of carboxylic acid groups (broad SMARTS) is 1. The Balaban J connectivity index is 2.61. The third-order valence-electron chi connectivity index (χ3n) is 2.48. The van der Waals surface area contributed by atoms with E-state index < -0.39 is 5.97 Å². The van der Waals surface area contributed by atoms with E-state index in [-0.39, 0.29) is 18.1 Å². The predicted octanol–water partition coefficient (Wildman–Crippen LogP) is -0.136. The quantitative estimate of drug-likeness (QED) is 0.725. The van der Waals surface area contributed by atoms with Crippen LogP contribution < -0.4 is 5.32 Å². The lowest BCUT2D eigenvalue weighted by atomic mass is 10.4. The Morgan fingerprint density at radius 1 is 1.53 bits per heavy atom. The number of hydrogen-bond donors (Lipinski definition) is 2. The van der Waals surface area contributed by atoms with Crippen LogP contribution in [0.15, 0.2) is 18.3 Å². The van der Waals surface area contributed by atoms with Gasteiger partial charge in [-0.05, 0) is 19.2 Å². The maximum absolute atomic E-state index is 11.8. The maximum Gasteiger partial charge on any atom is 0.352 e. The summed E-state index contributed by atoms with van der Waals surface area (Å²) in [5, 5.41) is 11.8. The standard InChI is InChI=1S/C11H17N3O3/c1-12-5-7-13(2)10(15)8-14-6-3-4-9(14)11(16)17/h3-4,6,12H,5,7-8H2,1-2H3,(H,16,17). The molecule has 1 rings (SSSR count). The molecule has 0 aliphatic rings. The molecule has 0 fully saturated rings. The summed E-state index contributed by atoms with van der Waals surface area (Å²) >= 11 is 0. The van der Waals surface area contributed by atoms with E-state index in [0.717, 1.165) is 0 Å². The number of carbonyl (C=O) groups excluding carboxylic acids is 1. The lowest BCUT2D eigenvalue weighted by molar-refractivity contribution is -0.130. The van der Waals surface area contributed by atoms with E-state index in [1.165, 1.54) is 10.6 Å². The van der Waals surface area contributed by atoms with Gasteiger partial charge in [0.05, 0.1) is 0 Å². The van der Waals surface area contributed by atoms with Gasteiger partial charge in [-0.3, -0.25) is 4.79 Å². The molecule has 1 amide bonds. The summed E-state index contributed by atoms with van der Waals surface area (Å²) in [6, 6.07) is 3.09. The lowest BCUT2D eigenvalue weighted by Gasteiger charge is -2.17. The van der Waals surface area contributed by atoms with E-state index in [0.29, 0.717) is 13.1 Å². The fourth-order valence-corrected chi connectivity index (χ4v) is 1.42. The number of nitrogens with one attached hydrogen (secondary N) is 1. The minimum absolute atomic E-state index is 0.0504. The normalized spacial score (nSPS) is 10.2. The van der Waals surface area contributed by atoms with Gasteiger partial charge < -0.3 is 19.9 Å². The Morgan fingerprint density at radius 3 is 2.82 bits per heavy atom. The molecule has 0 unspecified atom stereocenters. The molecule has 2 N–H and O–H groups in total. The van der Waals surface area contributed by atoms with Gasteiger partial charge in [0, 0.05) is 26.3 Å². The van der Waals surface area contributed by atoms with E-state index in [2.05, 4.69) is 5.32 Å². The van der Waals surface area contributed by atoms with Crippen LogP contribution in [0.3, 0.4) is 0 Å². The van der Waals surface area contributed by atoms with Gasteiger partial charge in [0.2, 0.25) is 5.91 Å². The second-order valence-corrected chi connectivity index (χ2v) is 3.75. The highest BCUT2D eigenvalue weighted by atomic mass is 16.4. The highest BCUT2D eigenvalue weighted by Gasteiger charge is 2.13. The number of amides is 1. The van der Waals surface area contributed by atoms with E-state index in [1.807, 2.05) is 7.05 Å². The second kappa shape index (κ2) is 6.05. The molecule has 0 spiro atoms. The van der Waals surface area contributed by atoms with Gasteiger partial charge >= 0.3 is 5.97 Å². The molecule has 94 valence electrons. The third-order valence-corrected chi connectivity index (χ3v) is 2.48. The summed E-state index contributed by atoms with van der Waals surface area (Å²) in [4.78, 5) is 24.2. The molecule has 0 atom stereocenters. The van der Waals surface area contributed by atoms with Gasteiger partial charge in [-0.15, -0.1) is 0 Å². The molecule has 1 aromatic rings. The van der Waals surface area contributed by atoms with Gasteiger partial charge in [-0.25, -0.2) is 4.79 Å². The molecule has 0 bridgehead atoms. The van der Waals surface area contributed by atoms with Crippen LogP contribution in [0.5, 0.6) is 0 Å². The van der Waals surface area contributed by atoms with Crippen molar-refractivity contribution in [1.29, 1.82) is 0 Å². The summed E-state index contributed by atoms with van der Waals surface area (Å²) in [6.45, 7) is 1.35. The molecule has 0 aliphatic carbocycles. The zero-order chi connectivity index (χ0) is 12.8. The zero-order valence-electron chi connectivity index (χ0n) is 10.0. The van der Waals surface area contributed by atoms with Gasteiger partial charge in [0.15, 0.2) is 0 Å². The molecule has 17 heavy (non-hydrogen) atoms. The van der Waals surface area contributed by atoms with E-state index >= 15 is 0 Å². The molecule has 1 heterocycles. The van der Waals surface area contributed by atoms with Crippen molar-refractivity contribution in [3.8, 4) is 0 Å². The Labute approximate surface area is 99.8 Å². The highest BCUT2D eigenvalue weighted by Crippen LogP contribution is 2.03. The fraction of sp³-hybridized carbons (Fsp3) is 0.455. The SMILES string of the molecule is CNCCN(C)C(=O)Cn1cccc1C(=O)O. The van der Waals surface area contributed by atoms with Crippen LogP contribution in [0.1, 0.15) is 10.5 Å². The Morgan fingerprint density at radius 2 is 2.24 bits per heavy atom. The van der Waals surface area contributed by atoms with Crippen molar-refractivity contribution in [2.45, 2.75) is 6.54 Å². The van der Waals surface area contributed by atoms with Crippen LogP contribution in [-0.4, -0.2) is 53.6 Å². The number of rotatable bonds is 6. The fourth-order valence-electron chi connectivity index (χ4n) is 1.42. The maximum atomic E-state index is 11.8. The molecule has 0 saturated heterocycles. The average molecular weight is 239 g/mol. The van der Waals surface area contributed by atoms with Gasteiger partial charge in [0.25, 0.3) is 0 Å². The summed E-state index contributed by atoms with van der Waals surface area (Å²) in [7, 11) is 3.51. The van der Waals surface area contributed by atoms with Crippen LogP contribution in [0, 0.1) is 0 Å². The first-order valence-electron chi connectivity index (χ1n) is 5.33. The van der Waals surface area contributed by atoms with E-state index in [1.54, 1.807) is 24.2 Å². The number of carbonyl (C=O) groups is 2. The average Bonchev–Trinajstić information content (AvgIpc) is 2.73. The van der Waals surface area contributed by atoms with Crippen molar-refractivity contribution in [2.24, 2.45) is 0 Å². The minimum atomic E-state index is -1.03. The molecule has 0 saturated carbocycles. The Hall–Kier alpha value is -1.82. The number of nitrogens with zero attached hydrogens (tertiary/aromatic N) is 2. The number of carboxylic acids is 1. The monoisotopic (exact) mass is 239 g/mol. The molecular formula is C11H17N3O3. The van der Waals surface area contributed by atoms with E-state index in [4.69, 9.17) is 5.11 Å².